The highest BCUT2D eigenvalue weighted by Gasteiger charge is 2.41. The van der Waals surface area contributed by atoms with Crippen LogP contribution in [0.1, 0.15) is 41.6 Å². The van der Waals surface area contributed by atoms with Crippen LogP contribution in [0.15, 0.2) is 54.7 Å². The molecule has 8 heteroatoms. The van der Waals surface area contributed by atoms with Crippen LogP contribution in [0.4, 0.5) is 11.4 Å². The number of benzene rings is 1. The summed E-state index contributed by atoms with van der Waals surface area (Å²) in [6, 6.07) is 15.6. The van der Waals surface area contributed by atoms with Gasteiger partial charge in [-0.3, -0.25) is 9.78 Å². The summed E-state index contributed by atoms with van der Waals surface area (Å²) in [5.41, 5.74) is 3.65. The fourth-order valence-electron chi connectivity index (χ4n) is 3.59. The molecule has 1 saturated heterocycles. The van der Waals surface area contributed by atoms with E-state index in [4.69, 9.17) is 23.8 Å². The second kappa shape index (κ2) is 8.71. The summed E-state index contributed by atoms with van der Waals surface area (Å²) in [7, 11) is 0. The summed E-state index contributed by atoms with van der Waals surface area (Å²) < 4.78 is 0.733. The zero-order chi connectivity index (χ0) is 21.3. The molecular formula is C22H21ClN4OS2. The van der Waals surface area contributed by atoms with E-state index in [9.17, 15) is 4.79 Å². The number of anilines is 2. The number of hydrogen-bond donors (Lipinski definition) is 2. The lowest BCUT2D eigenvalue weighted by atomic mass is 10.0. The minimum atomic E-state index is -0.104. The molecule has 2 N–H and O–H groups in total. The smallest absolute Gasteiger partial charge is 0.224 e. The number of pyridine rings is 1. The van der Waals surface area contributed by atoms with Gasteiger partial charge in [0, 0.05) is 28.9 Å². The van der Waals surface area contributed by atoms with Crippen molar-refractivity contribution in [2.45, 2.75) is 32.4 Å². The monoisotopic (exact) mass is 456 g/mol. The Morgan fingerprint density at radius 3 is 2.77 bits per heavy atom. The standard InChI is InChI=1S/C22H21ClN4OS2/c1-3-19(28)25-15-8-7-14(12-13(15)2)27-21(17-9-10-18(23)30-17)20(26-22(27)29)16-6-4-5-11-24-16/h4-12,20-21H,3H2,1-2H3,(H,25,28)(H,26,29). The van der Waals surface area contributed by atoms with E-state index < -0.39 is 0 Å². The maximum absolute atomic E-state index is 11.8. The van der Waals surface area contributed by atoms with Gasteiger partial charge in [-0.15, -0.1) is 11.3 Å². The molecule has 0 radical (unpaired) electrons. The fourth-order valence-corrected chi connectivity index (χ4v) is 5.12. The second-order valence-electron chi connectivity index (χ2n) is 7.04. The summed E-state index contributed by atoms with van der Waals surface area (Å²) in [6.07, 6.45) is 2.23. The lowest BCUT2D eigenvalue weighted by molar-refractivity contribution is -0.115. The highest BCUT2D eigenvalue weighted by Crippen LogP contribution is 2.44. The predicted octanol–water partition coefficient (Wildman–Crippen LogP) is 5.63. The molecule has 5 nitrogen and oxygen atoms in total. The Morgan fingerprint density at radius 1 is 1.30 bits per heavy atom. The van der Waals surface area contributed by atoms with Crippen LogP contribution in [-0.4, -0.2) is 16.0 Å². The van der Waals surface area contributed by atoms with Crippen molar-refractivity contribution in [1.29, 1.82) is 0 Å². The van der Waals surface area contributed by atoms with Crippen molar-refractivity contribution in [1.82, 2.24) is 10.3 Å². The van der Waals surface area contributed by atoms with E-state index in [1.807, 2.05) is 62.4 Å². The molecular weight excluding hydrogens is 436 g/mol. The van der Waals surface area contributed by atoms with Gasteiger partial charge in [0.2, 0.25) is 5.91 Å². The number of amides is 1. The topological polar surface area (TPSA) is 57.3 Å². The summed E-state index contributed by atoms with van der Waals surface area (Å²) in [6.45, 7) is 3.82. The van der Waals surface area contributed by atoms with Gasteiger partial charge in [0.1, 0.15) is 0 Å². The molecule has 2 aromatic heterocycles. The second-order valence-corrected chi connectivity index (χ2v) is 9.17. The van der Waals surface area contributed by atoms with Crippen molar-refractivity contribution in [3.05, 3.63) is 75.2 Å². The van der Waals surface area contributed by atoms with Crippen LogP contribution in [0.3, 0.4) is 0 Å². The molecule has 4 rings (SSSR count). The number of rotatable bonds is 5. The van der Waals surface area contributed by atoms with Crippen LogP contribution in [0.2, 0.25) is 4.34 Å². The maximum atomic E-state index is 11.8. The van der Waals surface area contributed by atoms with Crippen LogP contribution in [-0.2, 0) is 4.79 Å². The van der Waals surface area contributed by atoms with Gasteiger partial charge in [-0.1, -0.05) is 24.6 Å². The van der Waals surface area contributed by atoms with Gasteiger partial charge in [-0.25, -0.2) is 0 Å². The van der Waals surface area contributed by atoms with Crippen molar-refractivity contribution in [2.75, 3.05) is 10.2 Å². The first-order chi connectivity index (χ1) is 14.5. The molecule has 2 unspecified atom stereocenters. The average Bonchev–Trinajstić information content (AvgIpc) is 3.32. The molecule has 3 aromatic rings. The first-order valence-corrected chi connectivity index (χ1v) is 11.2. The number of nitrogens with one attached hydrogen (secondary N) is 2. The van der Waals surface area contributed by atoms with Crippen molar-refractivity contribution in [3.8, 4) is 0 Å². The molecule has 1 aliphatic rings. The fraction of sp³-hybridized carbons (Fsp3) is 0.227. The van der Waals surface area contributed by atoms with Crippen LogP contribution in [0.25, 0.3) is 0 Å². The molecule has 1 aromatic carbocycles. The molecule has 0 saturated carbocycles. The largest absolute Gasteiger partial charge is 0.351 e. The Bertz CT molecular complexity index is 1090. The number of thiocarbonyl (C=S) groups is 1. The predicted molar refractivity (Wildman–Crippen MR) is 127 cm³/mol. The number of carbonyl (C=O) groups is 1. The summed E-state index contributed by atoms with van der Waals surface area (Å²) in [4.78, 5) is 19.6. The van der Waals surface area contributed by atoms with E-state index in [0.717, 1.165) is 31.8 Å². The van der Waals surface area contributed by atoms with Crippen molar-refractivity contribution < 1.29 is 4.79 Å². The summed E-state index contributed by atoms with van der Waals surface area (Å²) in [5.74, 6) is -0.00877. The lowest BCUT2D eigenvalue weighted by Crippen LogP contribution is -2.29. The maximum Gasteiger partial charge on any atom is 0.224 e. The number of aryl methyl sites for hydroxylation is 1. The minimum Gasteiger partial charge on any atom is -0.351 e. The van der Waals surface area contributed by atoms with Crippen LogP contribution in [0.5, 0.6) is 0 Å². The number of nitrogens with zero attached hydrogens (tertiary/aromatic N) is 2. The quantitative estimate of drug-likeness (QED) is 0.487. The third kappa shape index (κ3) is 4.05. The van der Waals surface area contributed by atoms with Crippen molar-refractivity contribution >= 4 is 57.5 Å². The Morgan fingerprint density at radius 2 is 2.13 bits per heavy atom. The van der Waals surface area contributed by atoms with Crippen molar-refractivity contribution in [2.24, 2.45) is 0 Å². The van der Waals surface area contributed by atoms with E-state index >= 15 is 0 Å². The zero-order valence-electron chi connectivity index (χ0n) is 16.6. The third-order valence-corrected chi connectivity index (χ3v) is 6.68. The molecule has 1 amide bonds. The van der Waals surface area contributed by atoms with E-state index in [-0.39, 0.29) is 18.0 Å². The van der Waals surface area contributed by atoms with E-state index in [1.165, 1.54) is 0 Å². The molecule has 154 valence electrons. The highest BCUT2D eigenvalue weighted by molar-refractivity contribution is 7.80. The molecule has 1 aliphatic heterocycles. The normalized spacial score (nSPS) is 18.4. The van der Waals surface area contributed by atoms with Gasteiger partial charge in [-0.05, 0) is 67.2 Å². The lowest BCUT2D eigenvalue weighted by Gasteiger charge is -2.27. The van der Waals surface area contributed by atoms with E-state index in [1.54, 1.807) is 17.5 Å². The summed E-state index contributed by atoms with van der Waals surface area (Å²) >= 11 is 13.5. The first-order valence-electron chi connectivity index (χ1n) is 9.64. The number of thiophene rings is 1. The number of halogens is 1. The molecule has 0 bridgehead atoms. The number of carbonyl (C=O) groups excluding carboxylic acids is 1. The third-order valence-electron chi connectivity index (χ3n) is 5.07. The van der Waals surface area contributed by atoms with Crippen molar-refractivity contribution in [3.63, 3.8) is 0 Å². The molecule has 30 heavy (non-hydrogen) atoms. The van der Waals surface area contributed by atoms with E-state index in [0.29, 0.717) is 11.5 Å². The van der Waals surface area contributed by atoms with Crippen LogP contribution in [0, 0.1) is 6.92 Å². The van der Waals surface area contributed by atoms with E-state index in [2.05, 4.69) is 20.5 Å². The Balaban J connectivity index is 1.74. The molecule has 3 heterocycles. The van der Waals surface area contributed by atoms with Gasteiger partial charge < -0.3 is 15.5 Å². The molecule has 2 atom stereocenters. The van der Waals surface area contributed by atoms with Gasteiger partial charge in [0.15, 0.2) is 5.11 Å². The van der Waals surface area contributed by atoms with Gasteiger partial charge in [0.05, 0.1) is 22.1 Å². The Hall–Kier alpha value is -2.48. The SMILES string of the molecule is CCC(=O)Nc1ccc(N2C(=S)NC(c3ccccn3)C2c2ccc(Cl)s2)cc1C. The van der Waals surface area contributed by atoms with Gasteiger partial charge in [0.25, 0.3) is 0 Å². The molecule has 0 aliphatic carbocycles. The average molecular weight is 457 g/mol. The highest BCUT2D eigenvalue weighted by atomic mass is 35.5. The van der Waals surface area contributed by atoms with Gasteiger partial charge in [-0.2, -0.15) is 0 Å². The van der Waals surface area contributed by atoms with Gasteiger partial charge >= 0.3 is 0 Å². The molecule has 1 fully saturated rings. The van der Waals surface area contributed by atoms with Crippen LogP contribution < -0.4 is 15.5 Å². The number of hydrogen-bond acceptors (Lipinski definition) is 4. The first kappa shape index (κ1) is 20.8. The summed E-state index contributed by atoms with van der Waals surface area (Å²) in [5, 5.41) is 7.01. The minimum absolute atomic E-state index is 0.00877. The van der Waals surface area contributed by atoms with Crippen LogP contribution >= 0.6 is 35.2 Å². The Labute approximate surface area is 190 Å². The number of aromatic nitrogens is 1. The Kier molecular flexibility index (Phi) is 6.04. The zero-order valence-corrected chi connectivity index (χ0v) is 18.9. The molecule has 0 spiro atoms.